The second kappa shape index (κ2) is 7.24. The monoisotopic (exact) mass is 346 g/mol. The summed E-state index contributed by atoms with van der Waals surface area (Å²) in [7, 11) is 1.33. The Kier molecular flexibility index (Phi) is 5.07. The first kappa shape index (κ1) is 16.8. The molecule has 0 spiro atoms. The Balaban J connectivity index is 1.91. The summed E-state index contributed by atoms with van der Waals surface area (Å²) in [5.41, 5.74) is 1.56. The van der Waals surface area contributed by atoms with Crippen LogP contribution in [0.25, 0.3) is 0 Å². The Morgan fingerprint density at radius 1 is 1.25 bits per heavy atom. The van der Waals surface area contributed by atoms with Gasteiger partial charge < -0.3 is 14.6 Å². The van der Waals surface area contributed by atoms with E-state index >= 15 is 0 Å². The lowest BCUT2D eigenvalue weighted by molar-refractivity contribution is 0.0600. The number of methoxy groups -OCH3 is 1. The van der Waals surface area contributed by atoms with Crippen molar-refractivity contribution in [1.29, 1.82) is 0 Å². The number of hydrogen-bond donors (Lipinski definition) is 1. The topological polar surface area (TPSA) is 55.8 Å². The number of ether oxygens (including phenoxy) is 2. The highest BCUT2D eigenvalue weighted by atomic mass is 35.5. The third-order valence-corrected chi connectivity index (χ3v) is 4.25. The molecule has 0 aliphatic heterocycles. The van der Waals surface area contributed by atoms with E-state index in [4.69, 9.17) is 21.1 Å². The van der Waals surface area contributed by atoms with Crippen LogP contribution < -0.4 is 4.74 Å². The molecule has 1 fully saturated rings. The van der Waals surface area contributed by atoms with Gasteiger partial charge in [0.25, 0.3) is 0 Å². The number of halogens is 1. The maximum Gasteiger partial charge on any atom is 0.337 e. The third kappa shape index (κ3) is 4.08. The maximum absolute atomic E-state index is 11.9. The molecule has 5 heteroatoms. The van der Waals surface area contributed by atoms with E-state index in [1.165, 1.54) is 20.0 Å². The Morgan fingerprint density at radius 3 is 2.71 bits per heavy atom. The van der Waals surface area contributed by atoms with Crippen molar-refractivity contribution in [3.8, 4) is 5.75 Å². The molecule has 0 saturated heterocycles. The molecule has 1 unspecified atom stereocenters. The molecule has 0 radical (unpaired) electrons. The number of carbonyl (C=O) groups is 1. The van der Waals surface area contributed by atoms with Gasteiger partial charge in [0.1, 0.15) is 11.9 Å². The zero-order valence-corrected chi connectivity index (χ0v) is 14.1. The lowest BCUT2D eigenvalue weighted by Crippen LogP contribution is -2.07. The first-order valence-corrected chi connectivity index (χ1v) is 8.24. The number of benzene rings is 2. The quantitative estimate of drug-likeness (QED) is 0.803. The first-order valence-electron chi connectivity index (χ1n) is 7.86. The standard InChI is InChI=1S/C19H19ClO4/c1-23-19(22)15-7-14(9-17(10-15)24-11-12-5-6-12)18(21)13-3-2-4-16(20)8-13/h2-4,7-10,12,18,21H,5-6,11H2,1H3. The van der Waals surface area contributed by atoms with Crippen LogP contribution >= 0.6 is 11.6 Å². The fourth-order valence-corrected chi connectivity index (χ4v) is 2.67. The highest BCUT2D eigenvalue weighted by Gasteiger charge is 2.23. The third-order valence-electron chi connectivity index (χ3n) is 4.01. The first-order chi connectivity index (χ1) is 11.6. The van der Waals surface area contributed by atoms with Crippen LogP contribution in [0.15, 0.2) is 42.5 Å². The van der Waals surface area contributed by atoms with Crippen LogP contribution in [0.2, 0.25) is 5.02 Å². The van der Waals surface area contributed by atoms with Crippen LogP contribution in [0, 0.1) is 5.92 Å². The minimum absolute atomic E-state index is 0.349. The van der Waals surface area contributed by atoms with Gasteiger partial charge in [-0.3, -0.25) is 0 Å². The molecule has 0 amide bonds. The van der Waals surface area contributed by atoms with Gasteiger partial charge in [-0.05, 0) is 60.2 Å². The molecule has 1 aliphatic rings. The normalized spacial score (nSPS) is 15.0. The molecule has 1 N–H and O–H groups in total. The Labute approximate surface area is 146 Å². The minimum atomic E-state index is -0.906. The van der Waals surface area contributed by atoms with Gasteiger partial charge in [-0.2, -0.15) is 0 Å². The summed E-state index contributed by atoms with van der Waals surface area (Å²) in [6, 6.07) is 12.0. The second-order valence-electron chi connectivity index (χ2n) is 5.99. The van der Waals surface area contributed by atoms with E-state index < -0.39 is 12.1 Å². The highest BCUT2D eigenvalue weighted by Crippen LogP contribution is 2.32. The molecule has 3 rings (SSSR count). The molecule has 0 aromatic heterocycles. The van der Waals surface area contributed by atoms with Gasteiger partial charge in [0.2, 0.25) is 0 Å². The molecule has 1 atom stereocenters. The van der Waals surface area contributed by atoms with Crippen molar-refractivity contribution in [3.63, 3.8) is 0 Å². The zero-order valence-electron chi connectivity index (χ0n) is 13.4. The number of rotatable bonds is 6. The van der Waals surface area contributed by atoms with Gasteiger partial charge in [-0.1, -0.05) is 23.7 Å². The lowest BCUT2D eigenvalue weighted by Gasteiger charge is -2.15. The largest absolute Gasteiger partial charge is 0.493 e. The Hall–Kier alpha value is -2.04. The molecule has 0 bridgehead atoms. The summed E-state index contributed by atoms with van der Waals surface area (Å²) in [5, 5.41) is 11.2. The van der Waals surface area contributed by atoms with Crippen LogP contribution in [0.4, 0.5) is 0 Å². The number of esters is 1. The summed E-state index contributed by atoms with van der Waals surface area (Å²) < 4.78 is 10.6. The molecule has 1 aliphatic carbocycles. The summed E-state index contributed by atoms with van der Waals surface area (Å²) >= 11 is 5.99. The zero-order chi connectivity index (χ0) is 17.1. The minimum Gasteiger partial charge on any atom is -0.493 e. The van der Waals surface area contributed by atoms with E-state index in [1.54, 1.807) is 42.5 Å². The molecule has 24 heavy (non-hydrogen) atoms. The van der Waals surface area contributed by atoms with Gasteiger partial charge in [0.05, 0.1) is 19.3 Å². The van der Waals surface area contributed by atoms with E-state index in [-0.39, 0.29) is 0 Å². The Bertz CT molecular complexity index is 740. The summed E-state index contributed by atoms with van der Waals surface area (Å²) in [4.78, 5) is 11.9. The van der Waals surface area contributed by atoms with Crippen molar-refractivity contribution >= 4 is 17.6 Å². The van der Waals surface area contributed by atoms with Gasteiger partial charge in [-0.15, -0.1) is 0 Å². The van der Waals surface area contributed by atoms with Gasteiger partial charge >= 0.3 is 5.97 Å². The van der Waals surface area contributed by atoms with Crippen molar-refractivity contribution in [2.75, 3.05) is 13.7 Å². The van der Waals surface area contributed by atoms with Crippen molar-refractivity contribution in [3.05, 3.63) is 64.2 Å². The maximum atomic E-state index is 11.9. The van der Waals surface area contributed by atoms with Crippen LogP contribution in [0.1, 0.15) is 40.4 Å². The van der Waals surface area contributed by atoms with Crippen molar-refractivity contribution in [1.82, 2.24) is 0 Å². The average molecular weight is 347 g/mol. The number of hydrogen-bond acceptors (Lipinski definition) is 4. The van der Waals surface area contributed by atoms with Crippen molar-refractivity contribution < 1.29 is 19.4 Å². The van der Waals surface area contributed by atoms with E-state index in [1.807, 2.05) is 0 Å². The van der Waals surface area contributed by atoms with Gasteiger partial charge in [-0.25, -0.2) is 4.79 Å². The fourth-order valence-electron chi connectivity index (χ4n) is 2.47. The van der Waals surface area contributed by atoms with Crippen molar-refractivity contribution in [2.24, 2.45) is 5.92 Å². The predicted molar refractivity (Wildman–Crippen MR) is 91.5 cm³/mol. The van der Waals surface area contributed by atoms with Crippen LogP contribution in [0.5, 0.6) is 5.75 Å². The lowest BCUT2D eigenvalue weighted by atomic mass is 9.99. The molecule has 4 nitrogen and oxygen atoms in total. The molecule has 1 saturated carbocycles. The summed E-state index contributed by atoms with van der Waals surface area (Å²) in [5.74, 6) is 0.681. The Morgan fingerprint density at radius 2 is 2.04 bits per heavy atom. The number of aliphatic hydroxyl groups is 1. The summed E-state index contributed by atoms with van der Waals surface area (Å²) in [6.45, 7) is 0.622. The van der Waals surface area contributed by atoms with E-state index in [9.17, 15) is 9.90 Å². The number of aliphatic hydroxyl groups excluding tert-OH is 1. The SMILES string of the molecule is COC(=O)c1cc(OCC2CC2)cc(C(O)c2cccc(Cl)c2)c1. The molecule has 2 aromatic carbocycles. The molecular weight excluding hydrogens is 328 g/mol. The van der Waals surface area contributed by atoms with Crippen LogP contribution in [-0.4, -0.2) is 24.8 Å². The molecule has 2 aromatic rings. The van der Waals surface area contributed by atoms with E-state index in [0.29, 0.717) is 40.0 Å². The van der Waals surface area contributed by atoms with Gasteiger partial charge in [0.15, 0.2) is 0 Å². The second-order valence-corrected chi connectivity index (χ2v) is 6.43. The highest BCUT2D eigenvalue weighted by molar-refractivity contribution is 6.30. The fraction of sp³-hybridized carbons (Fsp3) is 0.316. The molecular formula is C19H19ClO4. The average Bonchev–Trinajstić information content (AvgIpc) is 3.42. The van der Waals surface area contributed by atoms with Crippen molar-refractivity contribution in [2.45, 2.75) is 18.9 Å². The van der Waals surface area contributed by atoms with Crippen LogP contribution in [0.3, 0.4) is 0 Å². The smallest absolute Gasteiger partial charge is 0.337 e. The van der Waals surface area contributed by atoms with Gasteiger partial charge in [0, 0.05) is 5.02 Å². The number of carbonyl (C=O) groups excluding carboxylic acids is 1. The predicted octanol–water partition coefficient (Wildman–Crippen LogP) is 4.00. The van der Waals surface area contributed by atoms with Crippen LogP contribution in [-0.2, 0) is 4.74 Å². The summed E-state index contributed by atoms with van der Waals surface area (Å²) in [6.07, 6.45) is 1.44. The van der Waals surface area contributed by atoms with E-state index in [0.717, 1.165) is 0 Å². The molecule has 126 valence electrons. The van der Waals surface area contributed by atoms with E-state index in [2.05, 4.69) is 0 Å². The molecule has 0 heterocycles.